The summed E-state index contributed by atoms with van der Waals surface area (Å²) in [6, 6.07) is 12.6. The lowest BCUT2D eigenvalue weighted by atomic mass is 10.2. The molecule has 0 aliphatic carbocycles. The van der Waals surface area contributed by atoms with Crippen molar-refractivity contribution < 1.29 is 14.2 Å². The Bertz CT molecular complexity index is 726. The molecule has 0 bridgehead atoms. The average molecular weight is 331 g/mol. The molecule has 0 radical (unpaired) electrons. The Morgan fingerprint density at radius 2 is 1.83 bits per heavy atom. The molecule has 0 spiro atoms. The first kappa shape index (κ1) is 15.3. The number of nitrogens with zero attached hydrogens (tertiary/aromatic N) is 1. The largest absolute Gasteiger partial charge is 0.492 e. The molecule has 0 saturated carbocycles. The summed E-state index contributed by atoms with van der Waals surface area (Å²) < 4.78 is 16.6. The number of halogens is 1. The fourth-order valence-corrected chi connectivity index (χ4v) is 2.40. The fraction of sp³-hybridized carbons (Fsp3) is 0.235. The molecule has 2 aromatic carbocycles. The zero-order chi connectivity index (χ0) is 16.1. The number of nitrogens with one attached hydrogen (secondary N) is 1. The molecule has 0 amide bonds. The standard InChI is InChI=1S/C17H15ClN2O3/c18-14-9-16-17(23-8-7-22-16)10-15(14)20-5-6-21-13-3-1-12(11-19)2-4-13/h1-4,9-10,20H,5-8H2. The van der Waals surface area contributed by atoms with Gasteiger partial charge in [-0.15, -0.1) is 0 Å². The molecule has 0 atom stereocenters. The van der Waals surface area contributed by atoms with E-state index in [9.17, 15) is 0 Å². The van der Waals surface area contributed by atoms with Crippen LogP contribution in [0.25, 0.3) is 0 Å². The summed E-state index contributed by atoms with van der Waals surface area (Å²) in [7, 11) is 0. The van der Waals surface area contributed by atoms with Gasteiger partial charge < -0.3 is 19.5 Å². The molecule has 1 aliphatic rings. The summed E-state index contributed by atoms with van der Waals surface area (Å²) in [5, 5.41) is 12.5. The molecular formula is C17H15ClN2O3. The zero-order valence-corrected chi connectivity index (χ0v) is 13.1. The van der Waals surface area contributed by atoms with Crippen LogP contribution in [0.3, 0.4) is 0 Å². The van der Waals surface area contributed by atoms with E-state index in [0.29, 0.717) is 48.5 Å². The van der Waals surface area contributed by atoms with Crippen LogP contribution in [0.4, 0.5) is 5.69 Å². The van der Waals surface area contributed by atoms with E-state index in [4.69, 9.17) is 31.1 Å². The molecule has 118 valence electrons. The average Bonchev–Trinajstić information content (AvgIpc) is 2.59. The number of anilines is 1. The maximum absolute atomic E-state index is 8.75. The van der Waals surface area contributed by atoms with Crippen LogP contribution in [0.5, 0.6) is 17.2 Å². The number of ether oxygens (including phenoxy) is 3. The third kappa shape index (κ3) is 3.79. The predicted octanol–water partition coefficient (Wildman–Crippen LogP) is 3.47. The quantitative estimate of drug-likeness (QED) is 0.850. The van der Waals surface area contributed by atoms with Gasteiger partial charge in [-0.1, -0.05) is 11.6 Å². The van der Waals surface area contributed by atoms with E-state index in [-0.39, 0.29) is 0 Å². The van der Waals surface area contributed by atoms with Crippen LogP contribution in [-0.2, 0) is 0 Å². The molecule has 1 heterocycles. The predicted molar refractivity (Wildman–Crippen MR) is 87.6 cm³/mol. The summed E-state index contributed by atoms with van der Waals surface area (Å²) in [4.78, 5) is 0. The molecule has 0 saturated heterocycles. The van der Waals surface area contributed by atoms with Crippen molar-refractivity contribution in [3.8, 4) is 23.3 Å². The van der Waals surface area contributed by atoms with E-state index in [1.807, 2.05) is 6.07 Å². The summed E-state index contributed by atoms with van der Waals surface area (Å²) >= 11 is 6.22. The molecule has 23 heavy (non-hydrogen) atoms. The van der Waals surface area contributed by atoms with Crippen LogP contribution < -0.4 is 19.5 Å². The Balaban J connectivity index is 1.53. The number of fused-ring (bicyclic) bond motifs is 1. The Morgan fingerprint density at radius 3 is 2.52 bits per heavy atom. The lowest BCUT2D eigenvalue weighted by Crippen LogP contribution is -2.16. The number of hydrogen-bond acceptors (Lipinski definition) is 5. The smallest absolute Gasteiger partial charge is 0.163 e. The van der Waals surface area contributed by atoms with Gasteiger partial charge in [-0.25, -0.2) is 0 Å². The molecule has 0 unspecified atom stereocenters. The van der Waals surface area contributed by atoms with Crippen molar-refractivity contribution in [1.82, 2.24) is 0 Å². The van der Waals surface area contributed by atoms with Crippen LogP contribution in [-0.4, -0.2) is 26.4 Å². The topological polar surface area (TPSA) is 63.5 Å². The third-order valence-corrected chi connectivity index (χ3v) is 3.61. The summed E-state index contributed by atoms with van der Waals surface area (Å²) in [6.07, 6.45) is 0. The highest BCUT2D eigenvalue weighted by molar-refractivity contribution is 6.33. The van der Waals surface area contributed by atoms with Crippen LogP contribution in [0, 0.1) is 11.3 Å². The Kier molecular flexibility index (Phi) is 4.74. The second kappa shape index (κ2) is 7.12. The van der Waals surface area contributed by atoms with E-state index in [1.165, 1.54) is 0 Å². The molecule has 1 N–H and O–H groups in total. The van der Waals surface area contributed by atoms with E-state index in [0.717, 1.165) is 11.4 Å². The van der Waals surface area contributed by atoms with Gasteiger partial charge in [0.25, 0.3) is 0 Å². The SMILES string of the molecule is N#Cc1ccc(OCCNc2cc3c(cc2Cl)OCCO3)cc1. The van der Waals surface area contributed by atoms with Gasteiger partial charge >= 0.3 is 0 Å². The fourth-order valence-electron chi connectivity index (χ4n) is 2.18. The van der Waals surface area contributed by atoms with Crippen LogP contribution in [0.2, 0.25) is 5.02 Å². The first-order valence-electron chi connectivity index (χ1n) is 7.22. The number of benzene rings is 2. The number of hydrogen-bond donors (Lipinski definition) is 1. The molecule has 2 aromatic rings. The first-order chi connectivity index (χ1) is 11.3. The minimum atomic E-state index is 0.469. The summed E-state index contributed by atoms with van der Waals surface area (Å²) in [5.74, 6) is 2.08. The summed E-state index contributed by atoms with van der Waals surface area (Å²) in [5.41, 5.74) is 1.39. The van der Waals surface area contributed by atoms with Crippen LogP contribution >= 0.6 is 11.6 Å². The third-order valence-electron chi connectivity index (χ3n) is 3.30. The van der Waals surface area contributed by atoms with Gasteiger partial charge in [0.1, 0.15) is 25.6 Å². The highest BCUT2D eigenvalue weighted by atomic mass is 35.5. The lowest BCUT2D eigenvalue weighted by molar-refractivity contribution is 0.171. The minimum absolute atomic E-state index is 0.469. The minimum Gasteiger partial charge on any atom is -0.492 e. The number of rotatable bonds is 5. The van der Waals surface area contributed by atoms with Crippen molar-refractivity contribution in [3.05, 3.63) is 47.0 Å². The molecule has 6 heteroatoms. The van der Waals surface area contributed by atoms with Crippen molar-refractivity contribution in [2.24, 2.45) is 0 Å². The van der Waals surface area contributed by atoms with Gasteiger partial charge in [0, 0.05) is 18.7 Å². The van der Waals surface area contributed by atoms with Crippen molar-refractivity contribution in [2.75, 3.05) is 31.7 Å². The van der Waals surface area contributed by atoms with Crippen LogP contribution in [0.15, 0.2) is 36.4 Å². The number of nitriles is 1. The van der Waals surface area contributed by atoms with Gasteiger partial charge in [-0.2, -0.15) is 5.26 Å². The Labute approximate surface area is 139 Å². The van der Waals surface area contributed by atoms with E-state index in [1.54, 1.807) is 30.3 Å². The van der Waals surface area contributed by atoms with E-state index in [2.05, 4.69) is 11.4 Å². The van der Waals surface area contributed by atoms with Gasteiger partial charge in [-0.05, 0) is 24.3 Å². The Morgan fingerprint density at radius 1 is 1.13 bits per heavy atom. The molecular weight excluding hydrogens is 316 g/mol. The first-order valence-corrected chi connectivity index (χ1v) is 7.60. The highest BCUT2D eigenvalue weighted by Crippen LogP contribution is 2.37. The molecule has 0 aromatic heterocycles. The van der Waals surface area contributed by atoms with Crippen molar-refractivity contribution in [1.29, 1.82) is 5.26 Å². The van der Waals surface area contributed by atoms with Crippen molar-refractivity contribution in [2.45, 2.75) is 0 Å². The molecule has 1 aliphatic heterocycles. The van der Waals surface area contributed by atoms with Crippen LogP contribution in [0.1, 0.15) is 5.56 Å². The summed E-state index contributed by atoms with van der Waals surface area (Å²) in [6.45, 7) is 2.13. The molecule has 0 fully saturated rings. The highest BCUT2D eigenvalue weighted by Gasteiger charge is 2.14. The zero-order valence-electron chi connectivity index (χ0n) is 12.3. The second-order valence-electron chi connectivity index (χ2n) is 4.89. The lowest BCUT2D eigenvalue weighted by Gasteiger charge is -2.20. The van der Waals surface area contributed by atoms with Crippen molar-refractivity contribution in [3.63, 3.8) is 0 Å². The Hall–Kier alpha value is -2.58. The maximum atomic E-state index is 8.75. The van der Waals surface area contributed by atoms with E-state index < -0.39 is 0 Å². The second-order valence-corrected chi connectivity index (χ2v) is 5.29. The maximum Gasteiger partial charge on any atom is 0.163 e. The van der Waals surface area contributed by atoms with Crippen molar-refractivity contribution >= 4 is 17.3 Å². The van der Waals surface area contributed by atoms with Gasteiger partial charge in [0.05, 0.1) is 22.3 Å². The van der Waals surface area contributed by atoms with Gasteiger partial charge in [-0.3, -0.25) is 0 Å². The van der Waals surface area contributed by atoms with Gasteiger partial charge in [0.2, 0.25) is 0 Å². The molecule has 5 nitrogen and oxygen atoms in total. The van der Waals surface area contributed by atoms with E-state index >= 15 is 0 Å². The normalized spacial score (nSPS) is 12.3. The molecule has 3 rings (SSSR count). The van der Waals surface area contributed by atoms with Gasteiger partial charge in [0.15, 0.2) is 11.5 Å². The monoisotopic (exact) mass is 330 g/mol.